The van der Waals surface area contributed by atoms with E-state index in [2.05, 4.69) is 10.6 Å². The van der Waals surface area contributed by atoms with Crippen LogP contribution in [0.1, 0.15) is 48.9 Å². The lowest BCUT2D eigenvalue weighted by Gasteiger charge is -2.21. The first kappa shape index (κ1) is 21.1. The molecule has 27 heavy (non-hydrogen) atoms. The third-order valence-electron chi connectivity index (χ3n) is 4.59. The second-order valence-electron chi connectivity index (χ2n) is 6.65. The van der Waals surface area contributed by atoms with Gasteiger partial charge >= 0.3 is 0 Å². The summed E-state index contributed by atoms with van der Waals surface area (Å²) >= 11 is 0. The van der Waals surface area contributed by atoms with Crippen LogP contribution in [0.5, 0.6) is 0 Å². The molecule has 1 amide bonds. The zero-order valence-corrected chi connectivity index (χ0v) is 15.9. The number of nitro groups is 1. The highest BCUT2D eigenvalue weighted by Gasteiger charge is 2.17. The Morgan fingerprint density at radius 3 is 2.70 bits per heavy atom. The summed E-state index contributed by atoms with van der Waals surface area (Å²) < 4.78 is 10.7. The summed E-state index contributed by atoms with van der Waals surface area (Å²) in [6.45, 7) is 1.98. The van der Waals surface area contributed by atoms with E-state index >= 15 is 0 Å². The van der Waals surface area contributed by atoms with Crippen LogP contribution in [0, 0.1) is 10.1 Å². The SMILES string of the molecule is COCCNc1ccc(C(=O)NCCCOC2CCCCC2)cc1[N+](=O)[O-]. The van der Waals surface area contributed by atoms with Crippen LogP contribution in [-0.4, -0.2) is 50.3 Å². The number of methoxy groups -OCH3 is 1. The largest absolute Gasteiger partial charge is 0.383 e. The minimum absolute atomic E-state index is 0.126. The molecular weight excluding hydrogens is 350 g/mol. The van der Waals surface area contributed by atoms with Crippen molar-refractivity contribution >= 4 is 17.3 Å². The summed E-state index contributed by atoms with van der Waals surface area (Å²) in [5, 5.41) is 17.0. The van der Waals surface area contributed by atoms with E-state index < -0.39 is 4.92 Å². The third kappa shape index (κ3) is 7.15. The molecule has 1 aromatic carbocycles. The average Bonchev–Trinajstić information content (AvgIpc) is 2.68. The molecule has 8 heteroatoms. The number of rotatable bonds is 11. The lowest BCUT2D eigenvalue weighted by Crippen LogP contribution is -2.26. The Bertz CT molecular complexity index is 617. The van der Waals surface area contributed by atoms with Crippen molar-refractivity contribution in [3.8, 4) is 0 Å². The molecule has 150 valence electrons. The van der Waals surface area contributed by atoms with Crippen molar-refractivity contribution in [2.24, 2.45) is 0 Å². The van der Waals surface area contributed by atoms with E-state index in [9.17, 15) is 14.9 Å². The fourth-order valence-electron chi connectivity index (χ4n) is 3.12. The van der Waals surface area contributed by atoms with E-state index in [0.717, 1.165) is 19.3 Å². The molecule has 1 aliphatic rings. The quantitative estimate of drug-likeness (QED) is 0.348. The van der Waals surface area contributed by atoms with Gasteiger partial charge in [-0.25, -0.2) is 0 Å². The topological polar surface area (TPSA) is 103 Å². The molecule has 0 aromatic heterocycles. The van der Waals surface area contributed by atoms with Crippen molar-refractivity contribution in [1.82, 2.24) is 5.32 Å². The van der Waals surface area contributed by atoms with Crippen LogP contribution >= 0.6 is 0 Å². The molecule has 0 unspecified atom stereocenters. The normalized spacial score (nSPS) is 14.7. The predicted octanol–water partition coefficient (Wildman–Crippen LogP) is 3.12. The number of hydrogen-bond donors (Lipinski definition) is 2. The van der Waals surface area contributed by atoms with E-state index in [1.165, 1.54) is 25.3 Å². The fraction of sp³-hybridized carbons (Fsp3) is 0.632. The molecule has 0 aliphatic heterocycles. The molecule has 0 bridgehead atoms. The maximum absolute atomic E-state index is 12.2. The van der Waals surface area contributed by atoms with Gasteiger partial charge in [0.15, 0.2) is 0 Å². The molecule has 0 atom stereocenters. The van der Waals surface area contributed by atoms with Crippen LogP contribution in [0.25, 0.3) is 0 Å². The Balaban J connectivity index is 1.78. The number of anilines is 1. The van der Waals surface area contributed by atoms with Gasteiger partial charge in [-0.3, -0.25) is 14.9 Å². The Labute approximate surface area is 159 Å². The van der Waals surface area contributed by atoms with Gasteiger partial charge in [0, 0.05) is 38.4 Å². The van der Waals surface area contributed by atoms with Gasteiger partial charge in [-0.05, 0) is 31.4 Å². The predicted molar refractivity (Wildman–Crippen MR) is 103 cm³/mol. The molecule has 2 N–H and O–H groups in total. The average molecular weight is 379 g/mol. The fourth-order valence-corrected chi connectivity index (χ4v) is 3.12. The molecule has 0 spiro atoms. The number of nitrogens with one attached hydrogen (secondary N) is 2. The summed E-state index contributed by atoms with van der Waals surface area (Å²) in [4.78, 5) is 23.0. The van der Waals surface area contributed by atoms with E-state index in [1.54, 1.807) is 19.2 Å². The molecule has 1 aromatic rings. The van der Waals surface area contributed by atoms with Gasteiger partial charge in [-0.15, -0.1) is 0 Å². The van der Waals surface area contributed by atoms with Crippen molar-refractivity contribution in [1.29, 1.82) is 0 Å². The minimum atomic E-state index is -0.496. The first-order valence-corrected chi connectivity index (χ1v) is 9.53. The van der Waals surface area contributed by atoms with E-state index in [4.69, 9.17) is 9.47 Å². The van der Waals surface area contributed by atoms with Crippen molar-refractivity contribution in [2.75, 3.05) is 38.7 Å². The number of benzene rings is 1. The summed E-state index contributed by atoms with van der Waals surface area (Å²) in [6, 6.07) is 4.42. The second-order valence-corrected chi connectivity index (χ2v) is 6.65. The van der Waals surface area contributed by atoms with Crippen LogP contribution in [-0.2, 0) is 9.47 Å². The van der Waals surface area contributed by atoms with E-state index in [-0.39, 0.29) is 17.2 Å². The van der Waals surface area contributed by atoms with Crippen molar-refractivity contribution in [3.63, 3.8) is 0 Å². The molecule has 2 rings (SSSR count). The molecule has 8 nitrogen and oxygen atoms in total. The second kappa shape index (κ2) is 11.5. The number of carbonyl (C=O) groups is 1. The number of hydrogen-bond acceptors (Lipinski definition) is 6. The highest BCUT2D eigenvalue weighted by molar-refractivity contribution is 5.95. The molecule has 0 radical (unpaired) electrons. The maximum Gasteiger partial charge on any atom is 0.293 e. The molecule has 1 fully saturated rings. The first-order chi connectivity index (χ1) is 13.1. The van der Waals surface area contributed by atoms with E-state index in [1.807, 2.05) is 0 Å². The van der Waals surface area contributed by atoms with Crippen LogP contribution in [0.15, 0.2) is 18.2 Å². The molecule has 1 aliphatic carbocycles. The molecule has 0 heterocycles. The third-order valence-corrected chi connectivity index (χ3v) is 4.59. The number of ether oxygens (including phenoxy) is 2. The van der Waals surface area contributed by atoms with Gasteiger partial charge in [-0.1, -0.05) is 19.3 Å². The van der Waals surface area contributed by atoms with Gasteiger partial charge in [0.2, 0.25) is 0 Å². The van der Waals surface area contributed by atoms with Crippen LogP contribution in [0.2, 0.25) is 0 Å². The molecule has 1 saturated carbocycles. The van der Waals surface area contributed by atoms with Crippen LogP contribution in [0.4, 0.5) is 11.4 Å². The van der Waals surface area contributed by atoms with Gasteiger partial charge in [0.05, 0.1) is 17.6 Å². The van der Waals surface area contributed by atoms with Crippen LogP contribution in [0.3, 0.4) is 0 Å². The number of nitrogens with zero attached hydrogens (tertiary/aromatic N) is 1. The Hall–Kier alpha value is -2.19. The number of nitro benzene ring substituents is 1. The standard InChI is InChI=1S/C19H29N3O5/c1-26-13-11-20-17-9-8-15(14-18(17)22(24)25)19(23)21-10-5-12-27-16-6-3-2-4-7-16/h8-9,14,16,20H,2-7,10-13H2,1H3,(H,21,23). The lowest BCUT2D eigenvalue weighted by molar-refractivity contribution is -0.384. The number of amides is 1. The highest BCUT2D eigenvalue weighted by atomic mass is 16.6. The van der Waals surface area contributed by atoms with Gasteiger partial charge in [0.1, 0.15) is 5.69 Å². The zero-order valence-electron chi connectivity index (χ0n) is 15.9. The number of carbonyl (C=O) groups excluding carboxylic acids is 1. The summed E-state index contributed by atoms with van der Waals surface area (Å²) in [6.07, 6.45) is 7.09. The van der Waals surface area contributed by atoms with Crippen LogP contribution < -0.4 is 10.6 Å². The van der Waals surface area contributed by atoms with Gasteiger partial charge < -0.3 is 20.1 Å². The molecule has 0 saturated heterocycles. The zero-order chi connectivity index (χ0) is 19.5. The Morgan fingerprint density at radius 1 is 1.22 bits per heavy atom. The Kier molecular flexibility index (Phi) is 9.00. The van der Waals surface area contributed by atoms with Gasteiger partial charge in [0.25, 0.3) is 11.6 Å². The maximum atomic E-state index is 12.2. The highest BCUT2D eigenvalue weighted by Crippen LogP contribution is 2.25. The Morgan fingerprint density at radius 2 is 2.00 bits per heavy atom. The lowest BCUT2D eigenvalue weighted by atomic mass is 9.98. The summed E-state index contributed by atoms with van der Waals surface area (Å²) in [7, 11) is 1.56. The summed E-state index contributed by atoms with van der Waals surface area (Å²) in [5.74, 6) is -0.320. The van der Waals surface area contributed by atoms with Crippen molar-refractivity contribution in [2.45, 2.75) is 44.6 Å². The monoisotopic (exact) mass is 379 g/mol. The smallest absolute Gasteiger partial charge is 0.293 e. The first-order valence-electron chi connectivity index (χ1n) is 9.53. The van der Waals surface area contributed by atoms with Crippen molar-refractivity contribution in [3.05, 3.63) is 33.9 Å². The van der Waals surface area contributed by atoms with Gasteiger partial charge in [-0.2, -0.15) is 0 Å². The van der Waals surface area contributed by atoms with E-state index in [0.29, 0.717) is 38.1 Å². The van der Waals surface area contributed by atoms with Crippen molar-refractivity contribution < 1.29 is 19.2 Å². The molecular formula is C19H29N3O5. The summed E-state index contributed by atoms with van der Waals surface area (Å²) in [5.41, 5.74) is 0.515. The minimum Gasteiger partial charge on any atom is -0.383 e.